The van der Waals surface area contributed by atoms with Gasteiger partial charge in [0.15, 0.2) is 0 Å². The molecule has 1 rings (SSSR count). The third-order valence-corrected chi connectivity index (χ3v) is 2.39. The summed E-state index contributed by atoms with van der Waals surface area (Å²) >= 11 is 0. The number of aliphatic hydroxyl groups excluding tert-OH is 1. The molecule has 0 unspecified atom stereocenters. The van der Waals surface area contributed by atoms with Gasteiger partial charge in [0.1, 0.15) is 0 Å². The maximum atomic E-state index is 10.5. The number of piperidine rings is 1. The van der Waals surface area contributed by atoms with Gasteiger partial charge in [0, 0.05) is 26.1 Å². The molecule has 76 valence electrons. The van der Waals surface area contributed by atoms with Gasteiger partial charge in [0.05, 0.1) is 6.10 Å². The zero-order valence-corrected chi connectivity index (χ0v) is 8.07. The predicted octanol–water partition coefficient (Wildman–Crippen LogP) is -0.435. The fraction of sp³-hybridized carbons (Fsp3) is 0.889. The highest BCUT2D eigenvalue weighted by Crippen LogP contribution is 2.15. The quantitative estimate of drug-likeness (QED) is 0.628. The van der Waals surface area contributed by atoms with Gasteiger partial charge in [-0.1, -0.05) is 6.92 Å². The normalized spacial score (nSPS) is 30.3. The Balaban J connectivity index is 2.28. The van der Waals surface area contributed by atoms with E-state index in [1.807, 2.05) is 0 Å². The van der Waals surface area contributed by atoms with E-state index in [4.69, 9.17) is 5.73 Å². The summed E-state index contributed by atoms with van der Waals surface area (Å²) in [7, 11) is 0. The van der Waals surface area contributed by atoms with Crippen molar-refractivity contribution < 1.29 is 9.90 Å². The molecule has 0 spiro atoms. The van der Waals surface area contributed by atoms with Crippen LogP contribution in [0.15, 0.2) is 0 Å². The van der Waals surface area contributed by atoms with Crippen molar-refractivity contribution in [3.05, 3.63) is 0 Å². The van der Waals surface area contributed by atoms with Crippen molar-refractivity contribution in [1.82, 2.24) is 4.90 Å². The van der Waals surface area contributed by atoms with Crippen LogP contribution in [0.3, 0.4) is 0 Å². The largest absolute Gasteiger partial charge is 0.392 e. The van der Waals surface area contributed by atoms with E-state index in [0.717, 1.165) is 13.0 Å². The second-order valence-corrected chi connectivity index (χ2v) is 3.97. The lowest BCUT2D eigenvalue weighted by Crippen LogP contribution is -2.43. The average Bonchev–Trinajstić information content (AvgIpc) is 1.99. The third kappa shape index (κ3) is 3.74. The Labute approximate surface area is 78.7 Å². The Bertz CT molecular complexity index is 174. The molecular weight excluding hydrogens is 168 g/mol. The molecule has 3 N–H and O–H groups in total. The Morgan fingerprint density at radius 3 is 2.85 bits per heavy atom. The minimum Gasteiger partial charge on any atom is -0.392 e. The number of hydrogen-bond acceptors (Lipinski definition) is 3. The van der Waals surface area contributed by atoms with E-state index >= 15 is 0 Å². The molecule has 0 aromatic rings. The minimum absolute atomic E-state index is 0.239. The summed E-state index contributed by atoms with van der Waals surface area (Å²) in [6.45, 7) is 4.43. The Morgan fingerprint density at radius 1 is 1.62 bits per heavy atom. The molecular formula is C9H18N2O2. The topological polar surface area (TPSA) is 66.6 Å². The van der Waals surface area contributed by atoms with Crippen LogP contribution in [0.1, 0.15) is 19.8 Å². The van der Waals surface area contributed by atoms with Gasteiger partial charge >= 0.3 is 0 Å². The lowest BCUT2D eigenvalue weighted by Gasteiger charge is -2.33. The molecule has 2 atom stereocenters. The number of β-amino-alcohol motifs (C(OH)–C–C–N with tert-alkyl or cyclic N) is 1. The first-order chi connectivity index (χ1) is 6.08. The fourth-order valence-corrected chi connectivity index (χ4v) is 1.88. The minimum atomic E-state index is -0.271. The summed E-state index contributed by atoms with van der Waals surface area (Å²) in [4.78, 5) is 12.6. The molecule has 1 heterocycles. The third-order valence-electron chi connectivity index (χ3n) is 2.39. The van der Waals surface area contributed by atoms with Crippen LogP contribution in [0.5, 0.6) is 0 Å². The van der Waals surface area contributed by atoms with Gasteiger partial charge in [-0.25, -0.2) is 0 Å². The smallest absolute Gasteiger partial charge is 0.218 e. The van der Waals surface area contributed by atoms with Crippen LogP contribution in [0.2, 0.25) is 0 Å². The summed E-state index contributed by atoms with van der Waals surface area (Å²) in [6.07, 6.45) is 1.02. The Morgan fingerprint density at radius 2 is 2.31 bits per heavy atom. The first-order valence-electron chi connectivity index (χ1n) is 4.76. The maximum Gasteiger partial charge on any atom is 0.218 e. The van der Waals surface area contributed by atoms with E-state index in [1.165, 1.54) is 0 Å². The van der Waals surface area contributed by atoms with E-state index in [-0.39, 0.29) is 12.0 Å². The van der Waals surface area contributed by atoms with Crippen LogP contribution in [-0.4, -0.2) is 41.7 Å². The van der Waals surface area contributed by atoms with Gasteiger partial charge in [-0.2, -0.15) is 0 Å². The van der Waals surface area contributed by atoms with E-state index in [9.17, 15) is 9.90 Å². The van der Waals surface area contributed by atoms with Gasteiger partial charge in [0.2, 0.25) is 5.91 Å². The number of rotatable bonds is 3. The molecule has 0 aromatic carbocycles. The SMILES string of the molecule is C[C@@H]1C[C@H](O)CN(CCC(N)=O)C1. The summed E-state index contributed by atoms with van der Waals surface area (Å²) in [6, 6.07) is 0. The van der Waals surface area contributed by atoms with E-state index in [0.29, 0.717) is 25.4 Å². The van der Waals surface area contributed by atoms with Crippen molar-refractivity contribution in [2.75, 3.05) is 19.6 Å². The number of nitrogens with two attached hydrogens (primary N) is 1. The van der Waals surface area contributed by atoms with Crippen LogP contribution >= 0.6 is 0 Å². The lowest BCUT2D eigenvalue weighted by molar-refractivity contribution is -0.118. The first-order valence-corrected chi connectivity index (χ1v) is 4.76. The van der Waals surface area contributed by atoms with Crippen molar-refractivity contribution in [2.45, 2.75) is 25.9 Å². The number of carbonyl (C=O) groups is 1. The van der Waals surface area contributed by atoms with Crippen LogP contribution in [0, 0.1) is 5.92 Å². The number of amides is 1. The van der Waals surface area contributed by atoms with Crippen LogP contribution < -0.4 is 5.73 Å². The van der Waals surface area contributed by atoms with Gasteiger partial charge in [-0.05, 0) is 12.3 Å². The van der Waals surface area contributed by atoms with E-state index < -0.39 is 0 Å². The molecule has 0 bridgehead atoms. The highest BCUT2D eigenvalue weighted by atomic mass is 16.3. The number of aliphatic hydroxyl groups is 1. The van der Waals surface area contributed by atoms with Gasteiger partial charge in [-0.15, -0.1) is 0 Å². The molecule has 4 nitrogen and oxygen atoms in total. The van der Waals surface area contributed by atoms with Crippen molar-refractivity contribution in [2.24, 2.45) is 11.7 Å². The highest BCUT2D eigenvalue weighted by molar-refractivity contribution is 5.73. The zero-order valence-electron chi connectivity index (χ0n) is 8.07. The number of hydrogen-bond donors (Lipinski definition) is 2. The molecule has 0 radical (unpaired) electrons. The second-order valence-electron chi connectivity index (χ2n) is 3.97. The maximum absolute atomic E-state index is 10.5. The van der Waals surface area contributed by atoms with Gasteiger partial charge in [-0.3, -0.25) is 9.69 Å². The number of primary amides is 1. The van der Waals surface area contributed by atoms with Crippen molar-refractivity contribution in [3.8, 4) is 0 Å². The molecule has 1 saturated heterocycles. The molecule has 1 aliphatic heterocycles. The van der Waals surface area contributed by atoms with Crippen LogP contribution in [0.4, 0.5) is 0 Å². The van der Waals surface area contributed by atoms with Gasteiger partial charge < -0.3 is 10.8 Å². The fourth-order valence-electron chi connectivity index (χ4n) is 1.88. The summed E-state index contributed by atoms with van der Waals surface area (Å²) in [5, 5.41) is 9.46. The molecule has 0 aromatic heterocycles. The monoisotopic (exact) mass is 186 g/mol. The van der Waals surface area contributed by atoms with E-state index in [1.54, 1.807) is 0 Å². The first kappa shape index (κ1) is 10.5. The van der Waals surface area contributed by atoms with Crippen LogP contribution in [0.25, 0.3) is 0 Å². The molecule has 1 fully saturated rings. The van der Waals surface area contributed by atoms with Crippen LogP contribution in [-0.2, 0) is 4.79 Å². The molecule has 4 heteroatoms. The Hall–Kier alpha value is -0.610. The summed E-state index contributed by atoms with van der Waals surface area (Å²) in [5.74, 6) is 0.240. The van der Waals surface area contributed by atoms with Crippen molar-refractivity contribution in [3.63, 3.8) is 0 Å². The molecule has 0 saturated carbocycles. The highest BCUT2D eigenvalue weighted by Gasteiger charge is 2.22. The molecule has 1 aliphatic rings. The number of nitrogens with zero attached hydrogens (tertiary/aromatic N) is 1. The van der Waals surface area contributed by atoms with E-state index in [2.05, 4.69) is 11.8 Å². The predicted molar refractivity (Wildman–Crippen MR) is 50.0 cm³/mol. The molecule has 0 aliphatic carbocycles. The number of carbonyl (C=O) groups excluding carboxylic acids is 1. The summed E-state index contributed by atoms with van der Waals surface area (Å²) < 4.78 is 0. The van der Waals surface area contributed by atoms with Crippen molar-refractivity contribution in [1.29, 1.82) is 0 Å². The van der Waals surface area contributed by atoms with Crippen molar-refractivity contribution >= 4 is 5.91 Å². The summed E-state index contributed by atoms with van der Waals surface area (Å²) in [5.41, 5.74) is 5.05. The molecule has 13 heavy (non-hydrogen) atoms. The molecule has 1 amide bonds. The lowest BCUT2D eigenvalue weighted by atomic mass is 9.98. The Kier molecular flexibility index (Phi) is 3.69. The standard InChI is InChI=1S/C9H18N2O2/c1-7-4-8(12)6-11(5-7)3-2-9(10)13/h7-8,12H,2-6H2,1H3,(H2,10,13)/t7-,8+/m1/s1. The van der Waals surface area contributed by atoms with Gasteiger partial charge in [0.25, 0.3) is 0 Å². The second kappa shape index (κ2) is 4.58. The zero-order chi connectivity index (χ0) is 9.84. The average molecular weight is 186 g/mol. The number of likely N-dealkylation sites (tertiary alicyclic amines) is 1.